The van der Waals surface area contributed by atoms with E-state index in [0.29, 0.717) is 43.9 Å². The quantitative estimate of drug-likeness (QED) is 0.621. The molecule has 3 heterocycles. The number of anilines is 1. The molecule has 3 aliphatic rings. The van der Waals surface area contributed by atoms with Crippen molar-refractivity contribution < 1.29 is 21.6 Å². The first-order chi connectivity index (χ1) is 15.6. The summed E-state index contributed by atoms with van der Waals surface area (Å²) in [6.45, 7) is 5.97. The van der Waals surface area contributed by atoms with Gasteiger partial charge < -0.3 is 5.32 Å². The summed E-state index contributed by atoms with van der Waals surface area (Å²) in [5.41, 5.74) is 1.15. The number of amides is 1. The maximum atomic E-state index is 13.1. The van der Waals surface area contributed by atoms with Crippen molar-refractivity contribution >= 4 is 31.5 Å². The third-order valence-electron chi connectivity index (χ3n) is 6.90. The summed E-state index contributed by atoms with van der Waals surface area (Å²) in [6, 6.07) is 5.14. The minimum Gasteiger partial charge on any atom is -0.325 e. The lowest BCUT2D eigenvalue weighted by Crippen LogP contribution is -2.52. The number of sulfonamides is 1. The van der Waals surface area contributed by atoms with Crippen molar-refractivity contribution in [1.82, 2.24) is 14.1 Å². The third-order valence-corrected chi connectivity index (χ3v) is 10.7. The van der Waals surface area contributed by atoms with E-state index in [4.69, 9.17) is 0 Å². The van der Waals surface area contributed by atoms with E-state index in [1.54, 1.807) is 29.4 Å². The molecule has 33 heavy (non-hydrogen) atoms. The molecule has 0 aliphatic carbocycles. The molecule has 0 radical (unpaired) electrons. The Bertz CT molecular complexity index is 1080. The highest BCUT2D eigenvalue weighted by Gasteiger charge is 2.34. The Balaban J connectivity index is 1.32. The van der Waals surface area contributed by atoms with Crippen LogP contribution in [0, 0.1) is 6.92 Å². The van der Waals surface area contributed by atoms with Gasteiger partial charge in [-0.3, -0.25) is 14.6 Å². The molecule has 0 spiro atoms. The van der Waals surface area contributed by atoms with Crippen molar-refractivity contribution in [2.24, 2.45) is 0 Å². The summed E-state index contributed by atoms with van der Waals surface area (Å²) in [5, 5.41) is 2.85. The first-order valence-electron chi connectivity index (χ1n) is 11.7. The molecule has 1 aromatic rings. The summed E-state index contributed by atoms with van der Waals surface area (Å²) in [6.07, 6.45) is 3.49. The zero-order chi connectivity index (χ0) is 23.6. The molecular formula is C22H34N4O5S2. The first-order valence-corrected chi connectivity index (χ1v) is 15.0. The van der Waals surface area contributed by atoms with Crippen LogP contribution in [0.4, 0.5) is 5.69 Å². The van der Waals surface area contributed by atoms with Gasteiger partial charge in [-0.1, -0.05) is 12.5 Å². The van der Waals surface area contributed by atoms with Gasteiger partial charge in [-0.05, 0) is 43.9 Å². The Kier molecular flexibility index (Phi) is 7.44. The molecule has 1 atom stereocenters. The van der Waals surface area contributed by atoms with Crippen molar-refractivity contribution in [3.8, 4) is 0 Å². The highest BCUT2D eigenvalue weighted by Crippen LogP contribution is 2.26. The van der Waals surface area contributed by atoms with Gasteiger partial charge in [0, 0.05) is 51.0 Å². The number of rotatable bonds is 6. The Labute approximate surface area is 197 Å². The average Bonchev–Trinajstić information content (AvgIpc) is 3.15. The van der Waals surface area contributed by atoms with Crippen LogP contribution in [0.1, 0.15) is 31.2 Å². The normalized spacial score (nSPS) is 25.2. The number of nitrogens with zero attached hydrogens (tertiary/aromatic N) is 3. The molecule has 4 rings (SSSR count). The minimum absolute atomic E-state index is 0.0961. The summed E-state index contributed by atoms with van der Waals surface area (Å²) < 4.78 is 51.2. The number of piperazine rings is 1. The molecule has 0 saturated carbocycles. The second-order valence-corrected chi connectivity index (χ2v) is 13.5. The predicted octanol–water partition coefficient (Wildman–Crippen LogP) is 0.913. The van der Waals surface area contributed by atoms with Crippen LogP contribution in [-0.4, -0.2) is 100 Å². The summed E-state index contributed by atoms with van der Waals surface area (Å²) in [7, 11) is -6.48. The summed E-state index contributed by atoms with van der Waals surface area (Å²) in [5.74, 6) is 0.327. The van der Waals surface area contributed by atoms with E-state index in [2.05, 4.69) is 15.1 Å². The van der Waals surface area contributed by atoms with Crippen LogP contribution in [0.5, 0.6) is 0 Å². The largest absolute Gasteiger partial charge is 0.325 e. The molecule has 3 aliphatic heterocycles. The number of sulfone groups is 1. The minimum atomic E-state index is -3.58. The van der Waals surface area contributed by atoms with Crippen LogP contribution < -0.4 is 5.32 Å². The van der Waals surface area contributed by atoms with Crippen molar-refractivity contribution in [1.29, 1.82) is 0 Å². The van der Waals surface area contributed by atoms with E-state index < -0.39 is 19.9 Å². The second kappa shape index (κ2) is 9.99. The molecule has 0 unspecified atom stereocenters. The Morgan fingerprint density at radius 1 is 1.06 bits per heavy atom. The Morgan fingerprint density at radius 3 is 2.39 bits per heavy atom. The molecule has 9 nitrogen and oxygen atoms in total. The third kappa shape index (κ3) is 5.94. The van der Waals surface area contributed by atoms with E-state index in [1.807, 2.05) is 0 Å². The van der Waals surface area contributed by atoms with Gasteiger partial charge in [0.15, 0.2) is 9.84 Å². The van der Waals surface area contributed by atoms with Gasteiger partial charge in [0.2, 0.25) is 15.9 Å². The smallest absolute Gasteiger partial charge is 0.243 e. The van der Waals surface area contributed by atoms with E-state index >= 15 is 0 Å². The van der Waals surface area contributed by atoms with Crippen LogP contribution in [0.25, 0.3) is 0 Å². The van der Waals surface area contributed by atoms with Crippen molar-refractivity contribution in [3.63, 3.8) is 0 Å². The van der Waals surface area contributed by atoms with Crippen LogP contribution in [0.2, 0.25) is 0 Å². The maximum absolute atomic E-state index is 13.1. The lowest BCUT2D eigenvalue weighted by atomic mass is 10.2. The standard InChI is InChI=1S/C22H34N4O5S2/c1-18-5-6-19(15-21(18)33(30,31)26-8-3-2-4-9-26)23-22(27)16-24-10-12-25(13-11-24)20-7-14-32(28,29)17-20/h5-6,15,20H,2-4,7-14,16-17H2,1H3,(H,23,27)/t20-/m1/s1. The number of piperidine rings is 1. The predicted molar refractivity (Wildman–Crippen MR) is 127 cm³/mol. The zero-order valence-electron chi connectivity index (χ0n) is 19.2. The van der Waals surface area contributed by atoms with Crippen molar-refractivity contribution in [2.75, 3.05) is 62.6 Å². The molecule has 11 heteroatoms. The van der Waals surface area contributed by atoms with Gasteiger partial charge in [-0.15, -0.1) is 0 Å². The summed E-state index contributed by atoms with van der Waals surface area (Å²) in [4.78, 5) is 17.2. The average molecular weight is 499 g/mol. The van der Waals surface area contributed by atoms with Crippen LogP contribution in [0.15, 0.2) is 23.1 Å². The molecule has 3 fully saturated rings. The fraction of sp³-hybridized carbons (Fsp3) is 0.682. The molecule has 1 N–H and O–H groups in total. The molecule has 3 saturated heterocycles. The van der Waals surface area contributed by atoms with Gasteiger partial charge in [0.25, 0.3) is 0 Å². The maximum Gasteiger partial charge on any atom is 0.243 e. The van der Waals surface area contributed by atoms with E-state index in [9.17, 15) is 21.6 Å². The van der Waals surface area contributed by atoms with Crippen LogP contribution >= 0.6 is 0 Å². The molecule has 1 amide bonds. The highest BCUT2D eigenvalue weighted by atomic mass is 32.2. The molecule has 0 bridgehead atoms. The number of benzene rings is 1. The number of aryl methyl sites for hydroxylation is 1. The van der Waals surface area contributed by atoms with E-state index in [1.165, 1.54) is 0 Å². The SMILES string of the molecule is Cc1ccc(NC(=O)CN2CCN([C@@H]3CCS(=O)(=O)C3)CC2)cc1S(=O)(=O)N1CCCCC1. The Morgan fingerprint density at radius 2 is 1.76 bits per heavy atom. The lowest BCUT2D eigenvalue weighted by molar-refractivity contribution is -0.117. The van der Waals surface area contributed by atoms with Crippen molar-refractivity contribution in [3.05, 3.63) is 23.8 Å². The fourth-order valence-electron chi connectivity index (χ4n) is 4.95. The number of hydrogen-bond donors (Lipinski definition) is 1. The van der Waals surface area contributed by atoms with Crippen LogP contribution in [0.3, 0.4) is 0 Å². The number of carbonyl (C=O) groups is 1. The molecule has 1 aromatic carbocycles. The highest BCUT2D eigenvalue weighted by molar-refractivity contribution is 7.91. The Hall–Kier alpha value is -1.53. The van der Waals surface area contributed by atoms with Gasteiger partial charge in [-0.2, -0.15) is 4.31 Å². The van der Waals surface area contributed by atoms with E-state index in [0.717, 1.165) is 32.4 Å². The number of nitrogens with one attached hydrogen (secondary N) is 1. The number of carbonyl (C=O) groups excluding carboxylic acids is 1. The van der Waals surface area contributed by atoms with E-state index in [-0.39, 0.29) is 34.9 Å². The van der Waals surface area contributed by atoms with Gasteiger partial charge in [-0.25, -0.2) is 16.8 Å². The van der Waals surface area contributed by atoms with Gasteiger partial charge in [0.1, 0.15) is 0 Å². The monoisotopic (exact) mass is 498 g/mol. The number of hydrogen-bond acceptors (Lipinski definition) is 7. The van der Waals surface area contributed by atoms with Crippen molar-refractivity contribution in [2.45, 2.75) is 43.5 Å². The topological polar surface area (TPSA) is 107 Å². The molecule has 0 aromatic heterocycles. The zero-order valence-corrected chi connectivity index (χ0v) is 20.8. The van der Waals surface area contributed by atoms with Crippen LogP contribution in [-0.2, 0) is 24.7 Å². The lowest BCUT2D eigenvalue weighted by Gasteiger charge is -2.37. The molecular weight excluding hydrogens is 464 g/mol. The van der Waals surface area contributed by atoms with Gasteiger partial charge in [0.05, 0.1) is 22.9 Å². The van der Waals surface area contributed by atoms with Gasteiger partial charge >= 0.3 is 0 Å². The molecule has 184 valence electrons. The second-order valence-electron chi connectivity index (χ2n) is 9.36. The fourth-order valence-corrected chi connectivity index (χ4v) is 8.48. The first kappa shape index (κ1) is 24.6. The summed E-state index contributed by atoms with van der Waals surface area (Å²) >= 11 is 0.